The lowest BCUT2D eigenvalue weighted by molar-refractivity contribution is -0.137. The Morgan fingerprint density at radius 1 is 1.03 bits per heavy atom. The van der Waals surface area contributed by atoms with Crippen molar-refractivity contribution in [3.8, 4) is 28.8 Å². The quantitative estimate of drug-likeness (QED) is 0.331. The van der Waals surface area contributed by atoms with Crippen molar-refractivity contribution < 1.29 is 27.0 Å². The Morgan fingerprint density at radius 2 is 1.86 bits per heavy atom. The van der Waals surface area contributed by atoms with E-state index in [4.69, 9.17) is 9.47 Å². The summed E-state index contributed by atoms with van der Waals surface area (Å²) in [6.45, 7) is 2.48. The lowest BCUT2D eigenvalue weighted by Crippen LogP contribution is -2.28. The van der Waals surface area contributed by atoms with Crippen LogP contribution in [-0.4, -0.2) is 14.5 Å². The minimum atomic E-state index is -4.53. The van der Waals surface area contributed by atoms with E-state index in [9.17, 15) is 22.4 Å². The molecule has 0 amide bonds. The van der Waals surface area contributed by atoms with Gasteiger partial charge in [0, 0.05) is 30.4 Å². The maximum atomic E-state index is 14.6. The van der Waals surface area contributed by atoms with E-state index >= 15 is 0 Å². The first-order valence-corrected chi connectivity index (χ1v) is 11.0. The van der Waals surface area contributed by atoms with Crippen molar-refractivity contribution >= 4 is 0 Å². The number of hydrogen-bond donors (Lipinski definition) is 0. The highest BCUT2D eigenvalue weighted by Gasteiger charge is 2.30. The molecule has 184 valence electrons. The Bertz CT molecular complexity index is 1500. The predicted molar refractivity (Wildman–Crippen MR) is 122 cm³/mol. The fourth-order valence-electron chi connectivity index (χ4n) is 4.00. The Kier molecular flexibility index (Phi) is 5.95. The molecule has 0 saturated heterocycles. The summed E-state index contributed by atoms with van der Waals surface area (Å²) in [5.74, 6) is -1.02. The molecule has 10 heteroatoms. The number of fused-ring (bicyclic) bond motifs is 3. The number of rotatable bonds is 5. The smallest absolute Gasteiger partial charge is 0.417 e. The van der Waals surface area contributed by atoms with Gasteiger partial charge in [-0.2, -0.15) is 18.2 Å². The van der Waals surface area contributed by atoms with Crippen LogP contribution in [0.2, 0.25) is 0 Å². The summed E-state index contributed by atoms with van der Waals surface area (Å²) in [5.41, 5.74) is 3.02. The zero-order chi connectivity index (χ0) is 25.4. The molecule has 0 fully saturated rings. The van der Waals surface area contributed by atoms with Crippen molar-refractivity contribution in [1.29, 1.82) is 0 Å². The van der Waals surface area contributed by atoms with Crippen LogP contribution in [0.1, 0.15) is 22.3 Å². The van der Waals surface area contributed by atoms with E-state index in [0.717, 1.165) is 35.2 Å². The molecular weight excluding hydrogens is 478 g/mol. The molecule has 1 aliphatic rings. The van der Waals surface area contributed by atoms with Gasteiger partial charge in [0.05, 0.1) is 11.3 Å². The molecular formula is C26H19F4N3O3. The number of alkyl halides is 3. The molecule has 2 aromatic heterocycles. The van der Waals surface area contributed by atoms with Gasteiger partial charge in [0.1, 0.15) is 6.61 Å². The largest absolute Gasteiger partial charge is 0.473 e. The standard InChI is InChI=1S/C26H19F4N3O3/c1-15-2-5-19-17(10-15)8-9-33-21(19)12-24(32-25(33)34)35-14-16-3-6-22(20(27)11-16)36-23-7-4-18(13-31-23)26(28,29)30/h2-7,10-13H,8-9,14H2,1H3. The number of nitrogens with zero attached hydrogens (tertiary/aromatic N) is 3. The fraction of sp³-hybridized carbons (Fsp3) is 0.192. The predicted octanol–water partition coefficient (Wildman–Crippen LogP) is 5.70. The molecule has 0 aliphatic carbocycles. The summed E-state index contributed by atoms with van der Waals surface area (Å²) in [7, 11) is 0. The summed E-state index contributed by atoms with van der Waals surface area (Å²) < 4.78 is 65.1. The molecule has 3 heterocycles. The molecule has 5 rings (SSSR count). The van der Waals surface area contributed by atoms with Crippen LogP contribution in [-0.2, 0) is 25.7 Å². The van der Waals surface area contributed by atoms with Crippen molar-refractivity contribution in [2.45, 2.75) is 32.7 Å². The number of benzene rings is 2. The van der Waals surface area contributed by atoms with Gasteiger partial charge in [0.15, 0.2) is 11.6 Å². The second kappa shape index (κ2) is 9.10. The van der Waals surface area contributed by atoms with E-state index < -0.39 is 23.2 Å². The van der Waals surface area contributed by atoms with Crippen molar-refractivity contribution in [2.24, 2.45) is 0 Å². The van der Waals surface area contributed by atoms with Gasteiger partial charge in [0.2, 0.25) is 11.8 Å². The van der Waals surface area contributed by atoms with E-state index in [1.165, 1.54) is 18.2 Å². The second-order valence-electron chi connectivity index (χ2n) is 8.36. The average Bonchev–Trinajstić information content (AvgIpc) is 2.83. The van der Waals surface area contributed by atoms with Crippen LogP contribution in [0.15, 0.2) is 65.6 Å². The van der Waals surface area contributed by atoms with Gasteiger partial charge in [-0.25, -0.2) is 14.2 Å². The van der Waals surface area contributed by atoms with Crippen LogP contribution in [0.4, 0.5) is 17.6 Å². The number of pyridine rings is 1. The molecule has 0 spiro atoms. The molecule has 1 aliphatic heterocycles. The molecule has 0 bridgehead atoms. The maximum Gasteiger partial charge on any atom is 0.417 e. The molecule has 0 unspecified atom stereocenters. The Hall–Kier alpha value is -4.21. The van der Waals surface area contributed by atoms with Crippen LogP contribution in [0.3, 0.4) is 0 Å². The van der Waals surface area contributed by atoms with Gasteiger partial charge in [0.25, 0.3) is 0 Å². The first-order valence-electron chi connectivity index (χ1n) is 11.0. The van der Waals surface area contributed by atoms with Crippen molar-refractivity contribution in [3.05, 3.63) is 99.3 Å². The molecule has 2 aromatic carbocycles. The average molecular weight is 497 g/mol. The van der Waals surface area contributed by atoms with E-state index in [2.05, 4.69) is 16.0 Å². The van der Waals surface area contributed by atoms with Crippen LogP contribution in [0.5, 0.6) is 17.5 Å². The number of halogens is 4. The van der Waals surface area contributed by atoms with Crippen LogP contribution in [0.25, 0.3) is 11.3 Å². The fourth-order valence-corrected chi connectivity index (χ4v) is 4.00. The third-order valence-corrected chi connectivity index (χ3v) is 5.79. The van der Waals surface area contributed by atoms with Crippen LogP contribution >= 0.6 is 0 Å². The Balaban J connectivity index is 1.30. The maximum absolute atomic E-state index is 14.6. The molecule has 0 saturated carbocycles. The van der Waals surface area contributed by atoms with E-state index in [1.54, 1.807) is 10.6 Å². The van der Waals surface area contributed by atoms with Crippen LogP contribution in [0, 0.1) is 12.7 Å². The lowest BCUT2D eigenvalue weighted by Gasteiger charge is -2.22. The molecule has 0 radical (unpaired) electrons. The highest BCUT2D eigenvalue weighted by atomic mass is 19.4. The third kappa shape index (κ3) is 4.79. The molecule has 0 atom stereocenters. The number of aromatic nitrogens is 3. The summed E-state index contributed by atoms with van der Waals surface area (Å²) in [5, 5.41) is 0. The minimum Gasteiger partial charge on any atom is -0.473 e. The Labute approximate surface area is 202 Å². The van der Waals surface area contributed by atoms with Crippen molar-refractivity contribution in [3.63, 3.8) is 0 Å². The molecule has 6 nitrogen and oxygen atoms in total. The lowest BCUT2D eigenvalue weighted by atomic mass is 9.96. The highest BCUT2D eigenvalue weighted by molar-refractivity contribution is 5.67. The van der Waals surface area contributed by atoms with Gasteiger partial charge in [-0.3, -0.25) is 4.57 Å². The van der Waals surface area contributed by atoms with E-state index in [1.807, 2.05) is 19.1 Å². The molecule has 0 N–H and O–H groups in total. The minimum absolute atomic E-state index is 0.0631. The van der Waals surface area contributed by atoms with Gasteiger partial charge >= 0.3 is 11.9 Å². The van der Waals surface area contributed by atoms with Crippen molar-refractivity contribution in [2.75, 3.05) is 0 Å². The zero-order valence-corrected chi connectivity index (χ0v) is 19.0. The zero-order valence-electron chi connectivity index (χ0n) is 19.0. The van der Waals surface area contributed by atoms with Gasteiger partial charge in [-0.15, -0.1) is 0 Å². The summed E-state index contributed by atoms with van der Waals surface area (Å²) >= 11 is 0. The second-order valence-corrected chi connectivity index (χ2v) is 8.36. The first-order chi connectivity index (χ1) is 17.2. The van der Waals surface area contributed by atoms with E-state index in [0.29, 0.717) is 24.0 Å². The first kappa shape index (κ1) is 23.5. The van der Waals surface area contributed by atoms with Crippen molar-refractivity contribution in [1.82, 2.24) is 14.5 Å². The topological polar surface area (TPSA) is 66.2 Å². The van der Waals surface area contributed by atoms with Gasteiger partial charge in [-0.05, 0) is 42.7 Å². The number of aryl methyl sites for hydroxylation is 2. The third-order valence-electron chi connectivity index (χ3n) is 5.79. The summed E-state index contributed by atoms with van der Waals surface area (Å²) in [4.78, 5) is 20.1. The highest BCUT2D eigenvalue weighted by Crippen LogP contribution is 2.32. The SMILES string of the molecule is Cc1ccc2c(c1)CCn1c-2cc(OCc2ccc(Oc3ccc(C(F)(F)F)cn3)c(F)c2)nc1=O. The number of hydrogen-bond acceptors (Lipinski definition) is 5. The van der Waals surface area contributed by atoms with Gasteiger partial charge in [-0.1, -0.05) is 29.8 Å². The van der Waals surface area contributed by atoms with E-state index in [-0.39, 0.29) is 24.1 Å². The summed E-state index contributed by atoms with van der Waals surface area (Å²) in [6.07, 6.45) is -3.18. The molecule has 4 aromatic rings. The van der Waals surface area contributed by atoms with Gasteiger partial charge < -0.3 is 9.47 Å². The summed E-state index contributed by atoms with van der Waals surface area (Å²) in [6, 6.07) is 13.6. The monoisotopic (exact) mass is 497 g/mol. The normalized spacial score (nSPS) is 12.6. The molecule has 36 heavy (non-hydrogen) atoms. The Morgan fingerprint density at radius 3 is 2.58 bits per heavy atom. The van der Waals surface area contributed by atoms with Crippen LogP contribution < -0.4 is 15.2 Å². The number of ether oxygens (including phenoxy) is 2.